The minimum atomic E-state index is -3.67. The number of nitro benzene ring substituents is 1. The second kappa shape index (κ2) is 6.72. The van der Waals surface area contributed by atoms with Crippen LogP contribution < -0.4 is 4.90 Å². The Morgan fingerprint density at radius 1 is 1.04 bits per heavy atom. The van der Waals surface area contributed by atoms with Gasteiger partial charge >= 0.3 is 5.69 Å². The van der Waals surface area contributed by atoms with Gasteiger partial charge in [-0.2, -0.15) is 0 Å². The highest BCUT2D eigenvalue weighted by Gasteiger charge is 2.35. The third-order valence-corrected chi connectivity index (χ3v) is 6.37. The van der Waals surface area contributed by atoms with Crippen LogP contribution in [0.5, 0.6) is 0 Å². The molecule has 1 heterocycles. The molecule has 1 aliphatic rings. The van der Waals surface area contributed by atoms with Crippen LogP contribution in [0.1, 0.15) is 25.3 Å². The van der Waals surface area contributed by atoms with E-state index >= 15 is 0 Å². The zero-order chi connectivity index (χ0) is 18.9. The van der Waals surface area contributed by atoms with Crippen LogP contribution >= 0.6 is 0 Å². The Labute approximate surface area is 153 Å². The van der Waals surface area contributed by atoms with Gasteiger partial charge in [-0.25, -0.2) is 8.42 Å². The van der Waals surface area contributed by atoms with E-state index in [1.165, 1.54) is 11.6 Å². The van der Waals surface area contributed by atoms with Gasteiger partial charge < -0.3 is 4.90 Å². The molecule has 0 spiro atoms. The molecule has 7 heteroatoms. The second-order valence-corrected chi connectivity index (χ2v) is 9.05. The predicted octanol–water partition coefficient (Wildman–Crippen LogP) is 3.56. The molecule has 138 valence electrons. The first-order chi connectivity index (χ1) is 12.2. The van der Waals surface area contributed by atoms with Crippen molar-refractivity contribution in [2.24, 2.45) is 0 Å². The highest BCUT2D eigenvalue weighted by Crippen LogP contribution is 2.40. The van der Waals surface area contributed by atoms with Crippen molar-refractivity contribution in [3.63, 3.8) is 0 Å². The summed E-state index contributed by atoms with van der Waals surface area (Å²) in [6.45, 7) is 3.49. The Hall–Kier alpha value is -2.41. The largest absolute Gasteiger partial charge is 0.366 e. The molecule has 0 unspecified atom stereocenters. The zero-order valence-electron chi connectivity index (χ0n) is 14.9. The zero-order valence-corrected chi connectivity index (χ0v) is 15.7. The molecule has 0 bridgehead atoms. The number of anilines is 1. The molecule has 0 radical (unpaired) electrons. The number of nitro groups is 1. The molecule has 3 rings (SSSR count). The van der Waals surface area contributed by atoms with Crippen molar-refractivity contribution in [3.05, 3.63) is 64.2 Å². The fourth-order valence-corrected chi connectivity index (χ4v) is 4.48. The van der Waals surface area contributed by atoms with Gasteiger partial charge in [0.1, 0.15) is 10.6 Å². The van der Waals surface area contributed by atoms with E-state index in [1.54, 1.807) is 12.1 Å². The molecule has 0 amide bonds. The molecule has 0 aromatic heterocycles. The number of piperidine rings is 1. The summed E-state index contributed by atoms with van der Waals surface area (Å²) in [4.78, 5) is 12.7. The van der Waals surface area contributed by atoms with E-state index in [0.717, 1.165) is 19.1 Å². The summed E-state index contributed by atoms with van der Waals surface area (Å²) in [5.41, 5.74) is 1.34. The molecular formula is C19H22N2O4S. The monoisotopic (exact) mass is 374 g/mol. The van der Waals surface area contributed by atoms with Crippen molar-refractivity contribution in [2.75, 3.05) is 24.2 Å². The van der Waals surface area contributed by atoms with E-state index in [4.69, 9.17) is 0 Å². The van der Waals surface area contributed by atoms with Gasteiger partial charge in [0.15, 0.2) is 9.84 Å². The van der Waals surface area contributed by atoms with Crippen molar-refractivity contribution >= 4 is 21.2 Å². The number of hydrogen-bond acceptors (Lipinski definition) is 5. The Morgan fingerprint density at radius 3 is 2.19 bits per heavy atom. The number of sulfone groups is 1. The summed E-state index contributed by atoms with van der Waals surface area (Å²) in [5, 5.41) is 11.6. The van der Waals surface area contributed by atoms with Gasteiger partial charge in [0.05, 0.1) is 4.92 Å². The lowest BCUT2D eigenvalue weighted by molar-refractivity contribution is -0.387. The molecule has 0 N–H and O–H groups in total. The molecule has 1 saturated heterocycles. The maximum Gasteiger partial charge on any atom is 0.311 e. The predicted molar refractivity (Wildman–Crippen MR) is 101 cm³/mol. The van der Waals surface area contributed by atoms with Crippen LogP contribution in [0.25, 0.3) is 0 Å². The average Bonchev–Trinajstić information content (AvgIpc) is 2.62. The molecule has 1 fully saturated rings. The molecule has 1 aliphatic heterocycles. The summed E-state index contributed by atoms with van der Waals surface area (Å²) < 4.78 is 23.9. The first-order valence-electron chi connectivity index (χ1n) is 8.50. The molecule has 26 heavy (non-hydrogen) atoms. The van der Waals surface area contributed by atoms with Crippen LogP contribution in [-0.4, -0.2) is 32.7 Å². The minimum absolute atomic E-state index is 0.0149. The highest BCUT2D eigenvalue weighted by atomic mass is 32.2. The summed E-state index contributed by atoms with van der Waals surface area (Å²) in [6, 6.07) is 14.8. The molecule has 0 atom stereocenters. The maximum absolute atomic E-state index is 12.0. The molecule has 0 saturated carbocycles. The van der Waals surface area contributed by atoms with Gasteiger partial charge in [-0.1, -0.05) is 43.3 Å². The van der Waals surface area contributed by atoms with Gasteiger partial charge in [-0.3, -0.25) is 10.1 Å². The van der Waals surface area contributed by atoms with Crippen LogP contribution in [0, 0.1) is 10.1 Å². The van der Waals surface area contributed by atoms with Crippen LogP contribution in [0.2, 0.25) is 0 Å². The number of rotatable bonds is 4. The highest BCUT2D eigenvalue weighted by molar-refractivity contribution is 7.90. The number of nitrogens with zero attached hydrogens (tertiary/aromatic N) is 2. The number of para-hydroxylation sites is 1. The van der Waals surface area contributed by atoms with Crippen molar-refractivity contribution in [1.29, 1.82) is 0 Å². The van der Waals surface area contributed by atoms with Crippen LogP contribution in [0.15, 0.2) is 53.4 Å². The molecule has 6 nitrogen and oxygen atoms in total. The lowest BCUT2D eigenvalue weighted by Crippen LogP contribution is -2.41. The van der Waals surface area contributed by atoms with Gasteiger partial charge in [0.25, 0.3) is 0 Å². The lowest BCUT2D eigenvalue weighted by atomic mass is 9.74. The topological polar surface area (TPSA) is 80.5 Å². The van der Waals surface area contributed by atoms with E-state index in [-0.39, 0.29) is 16.0 Å². The Morgan fingerprint density at radius 2 is 1.65 bits per heavy atom. The van der Waals surface area contributed by atoms with Gasteiger partial charge in [0.2, 0.25) is 0 Å². The van der Waals surface area contributed by atoms with Crippen LogP contribution in [0.3, 0.4) is 0 Å². The third kappa shape index (κ3) is 3.44. The first-order valence-corrected chi connectivity index (χ1v) is 10.4. The van der Waals surface area contributed by atoms with Gasteiger partial charge in [-0.05, 0) is 36.0 Å². The van der Waals surface area contributed by atoms with Crippen molar-refractivity contribution < 1.29 is 13.3 Å². The van der Waals surface area contributed by atoms with E-state index in [9.17, 15) is 18.5 Å². The molecule has 2 aromatic carbocycles. The smallest absolute Gasteiger partial charge is 0.311 e. The lowest BCUT2D eigenvalue weighted by Gasteiger charge is -2.40. The summed E-state index contributed by atoms with van der Waals surface area (Å²) in [7, 11) is -3.67. The Kier molecular flexibility index (Phi) is 4.75. The summed E-state index contributed by atoms with van der Waals surface area (Å²) >= 11 is 0. The minimum Gasteiger partial charge on any atom is -0.366 e. The normalized spacial score (nSPS) is 17.1. The SMILES string of the molecule is CC1(c2ccccc2)CCN(c2cccc(S(C)(=O)=O)c2[N+](=O)[O-])CC1. The second-order valence-electron chi connectivity index (χ2n) is 7.07. The summed E-state index contributed by atoms with van der Waals surface area (Å²) in [5.74, 6) is 0. The molecule has 2 aromatic rings. The first kappa shape index (κ1) is 18.4. The van der Waals surface area contributed by atoms with Crippen molar-refractivity contribution in [2.45, 2.75) is 30.1 Å². The number of hydrogen-bond donors (Lipinski definition) is 0. The summed E-state index contributed by atoms with van der Waals surface area (Å²) in [6.07, 6.45) is 2.69. The fraction of sp³-hybridized carbons (Fsp3) is 0.368. The van der Waals surface area contributed by atoms with Crippen LogP contribution in [-0.2, 0) is 15.3 Å². The van der Waals surface area contributed by atoms with E-state index in [0.29, 0.717) is 18.8 Å². The van der Waals surface area contributed by atoms with Gasteiger partial charge in [0, 0.05) is 19.3 Å². The van der Waals surface area contributed by atoms with Gasteiger partial charge in [-0.15, -0.1) is 0 Å². The standard InChI is InChI=1S/C19H22N2O4S/c1-19(15-7-4-3-5-8-15)11-13-20(14-12-19)16-9-6-10-17(26(2,24)25)18(16)21(22)23/h3-10H,11-14H2,1-2H3. The van der Waals surface area contributed by atoms with Crippen molar-refractivity contribution in [1.82, 2.24) is 0 Å². The number of benzene rings is 2. The van der Waals surface area contributed by atoms with E-state index in [2.05, 4.69) is 19.1 Å². The van der Waals surface area contributed by atoms with Crippen LogP contribution in [0.4, 0.5) is 11.4 Å². The maximum atomic E-state index is 12.0. The third-order valence-electron chi connectivity index (χ3n) is 5.24. The quantitative estimate of drug-likeness (QED) is 0.604. The molecular weight excluding hydrogens is 352 g/mol. The average molecular weight is 374 g/mol. The Balaban J connectivity index is 1.92. The Bertz CT molecular complexity index is 918. The van der Waals surface area contributed by atoms with E-state index in [1.807, 2.05) is 23.1 Å². The fourth-order valence-electron chi connectivity index (χ4n) is 3.62. The van der Waals surface area contributed by atoms with E-state index < -0.39 is 14.8 Å². The molecule has 0 aliphatic carbocycles. The van der Waals surface area contributed by atoms with Crippen molar-refractivity contribution in [3.8, 4) is 0 Å².